The average molecular weight is 957 g/mol. The largest absolute Gasteiger partial charge is 0.462 e. The number of carbonyl (C=O) groups is 2. The lowest BCUT2D eigenvalue weighted by Gasteiger charge is -2.40. The number of aliphatic hydroxyl groups excluding tert-OH is 3. The van der Waals surface area contributed by atoms with Crippen LogP contribution in [0.1, 0.15) is 232 Å². The highest BCUT2D eigenvalue weighted by atomic mass is 32.2. The fraction of sp³-hybridized carbons (Fsp3) is 0.849. The Kier molecular flexibility index (Phi) is 40.3. The van der Waals surface area contributed by atoms with Gasteiger partial charge in [0.1, 0.15) is 36.8 Å². The fourth-order valence-corrected chi connectivity index (χ4v) is 8.74. The molecule has 1 saturated heterocycles. The predicted octanol–water partition coefficient (Wildman–Crippen LogP) is 12.1. The van der Waals surface area contributed by atoms with E-state index in [1.807, 2.05) is 0 Å². The molecule has 0 saturated carbocycles. The van der Waals surface area contributed by atoms with Crippen molar-refractivity contribution in [2.24, 2.45) is 0 Å². The number of aliphatic hydroxyl groups is 3. The number of allylic oxidation sites excluding steroid dienone is 6. The first-order chi connectivity index (χ1) is 32.0. The van der Waals surface area contributed by atoms with E-state index in [1.165, 1.54) is 148 Å². The third-order valence-corrected chi connectivity index (χ3v) is 12.9. The lowest BCUT2D eigenvalue weighted by atomic mass is 10.00. The second-order valence-electron chi connectivity index (χ2n) is 18.5. The smallest absolute Gasteiger partial charge is 0.306 e. The topological polar surface area (TPSA) is 186 Å². The molecule has 0 aromatic carbocycles. The van der Waals surface area contributed by atoms with Crippen LogP contribution < -0.4 is 0 Å². The number of hydrogen-bond acceptors (Lipinski definition) is 11. The van der Waals surface area contributed by atoms with Crippen LogP contribution in [0.5, 0.6) is 0 Å². The van der Waals surface area contributed by atoms with Crippen molar-refractivity contribution in [3.63, 3.8) is 0 Å². The number of esters is 2. The van der Waals surface area contributed by atoms with Gasteiger partial charge in [-0.3, -0.25) is 14.1 Å². The van der Waals surface area contributed by atoms with Crippen molar-refractivity contribution < 1.29 is 56.8 Å². The molecule has 6 atom stereocenters. The molecule has 66 heavy (non-hydrogen) atoms. The third-order valence-electron chi connectivity index (χ3n) is 12.2. The molecular formula is C53H96O12S. The average Bonchev–Trinajstić information content (AvgIpc) is 3.28. The van der Waals surface area contributed by atoms with Crippen molar-refractivity contribution in [1.29, 1.82) is 0 Å². The van der Waals surface area contributed by atoms with Crippen LogP contribution in [0.4, 0.5) is 0 Å². The maximum absolute atomic E-state index is 12.9. The van der Waals surface area contributed by atoms with E-state index < -0.39 is 71.2 Å². The van der Waals surface area contributed by atoms with Gasteiger partial charge in [0.05, 0.1) is 6.61 Å². The molecule has 12 nitrogen and oxygen atoms in total. The third kappa shape index (κ3) is 36.9. The first-order valence-corrected chi connectivity index (χ1v) is 28.2. The molecule has 0 spiro atoms. The van der Waals surface area contributed by atoms with Gasteiger partial charge in [-0.25, -0.2) is 0 Å². The molecule has 0 bridgehead atoms. The van der Waals surface area contributed by atoms with Crippen LogP contribution in [0.15, 0.2) is 36.5 Å². The van der Waals surface area contributed by atoms with E-state index in [0.717, 1.165) is 38.5 Å². The number of rotatable bonds is 45. The van der Waals surface area contributed by atoms with Crippen LogP contribution in [-0.2, 0) is 38.7 Å². The van der Waals surface area contributed by atoms with Crippen LogP contribution in [0.2, 0.25) is 0 Å². The molecule has 386 valence electrons. The Hall–Kier alpha value is -2.13. The van der Waals surface area contributed by atoms with Crippen molar-refractivity contribution in [3.8, 4) is 0 Å². The SMILES string of the molecule is CCCCCCCCCCC/C=C/CCCCC(=O)OC[C@H](CO[C@H]1O[C@H](CS(=O)(=O)O)[C@@H](O)C(O)C1O)OC(=O)CCC/C=C/CC/C=C/CCCCCCCCCCCCCCCC. The highest BCUT2D eigenvalue weighted by molar-refractivity contribution is 7.85. The summed E-state index contributed by atoms with van der Waals surface area (Å²) in [6.45, 7) is 3.74. The number of ether oxygens (including phenoxy) is 4. The molecule has 0 aromatic rings. The van der Waals surface area contributed by atoms with E-state index in [0.29, 0.717) is 19.3 Å². The quantitative estimate of drug-likeness (QED) is 0.0196. The molecule has 1 aliphatic heterocycles. The Balaban J connectivity index is 2.38. The molecule has 0 aromatic heterocycles. The van der Waals surface area contributed by atoms with Crippen LogP contribution in [0.3, 0.4) is 0 Å². The fourth-order valence-electron chi connectivity index (χ4n) is 8.05. The van der Waals surface area contributed by atoms with E-state index in [4.69, 9.17) is 18.9 Å². The highest BCUT2D eigenvalue weighted by Gasteiger charge is 2.46. The molecule has 0 aliphatic carbocycles. The summed E-state index contributed by atoms with van der Waals surface area (Å²) in [6.07, 6.45) is 42.1. The Morgan fingerprint density at radius 3 is 1.35 bits per heavy atom. The second kappa shape index (κ2) is 42.9. The summed E-state index contributed by atoms with van der Waals surface area (Å²) >= 11 is 0. The highest BCUT2D eigenvalue weighted by Crippen LogP contribution is 2.24. The monoisotopic (exact) mass is 957 g/mol. The molecule has 1 fully saturated rings. The van der Waals surface area contributed by atoms with Gasteiger partial charge in [-0.1, -0.05) is 185 Å². The summed E-state index contributed by atoms with van der Waals surface area (Å²) in [5.41, 5.74) is 0. The maximum Gasteiger partial charge on any atom is 0.306 e. The molecule has 1 rings (SSSR count). The lowest BCUT2D eigenvalue weighted by molar-refractivity contribution is -0.297. The summed E-state index contributed by atoms with van der Waals surface area (Å²) in [6, 6.07) is 0. The minimum atomic E-state index is -4.61. The van der Waals surface area contributed by atoms with Gasteiger partial charge < -0.3 is 34.3 Å². The zero-order valence-electron chi connectivity index (χ0n) is 41.6. The standard InChI is InChI=1S/C53H96O12S/c1-3-5-7-9-11-13-15-17-19-20-21-22-23-24-25-26-28-30-32-34-36-38-40-42-49(55)64-46(44-63-53-52(58)51(57)50(56)47(65-53)45-66(59,60)61)43-62-48(54)41-39-37-35-33-31-29-27-18-16-14-12-10-8-6-4-2/h26,28,31,33-34,36,46-47,50-53,56-58H,3-25,27,29-30,32,35,37-45H2,1-2H3,(H,59,60,61)/b28-26+,33-31+,36-34+/t46-,47-,50-,51?,52?,53+/m1/s1. The first-order valence-electron chi connectivity index (χ1n) is 26.5. The summed E-state index contributed by atoms with van der Waals surface area (Å²) in [5.74, 6) is -2.06. The molecule has 2 unspecified atom stereocenters. The minimum Gasteiger partial charge on any atom is -0.462 e. The van der Waals surface area contributed by atoms with Gasteiger partial charge in [-0.15, -0.1) is 0 Å². The van der Waals surface area contributed by atoms with Crippen molar-refractivity contribution in [2.75, 3.05) is 19.0 Å². The van der Waals surface area contributed by atoms with Crippen molar-refractivity contribution >= 4 is 22.1 Å². The lowest BCUT2D eigenvalue weighted by Crippen LogP contribution is -2.60. The Bertz CT molecular complexity index is 1350. The Labute approximate surface area is 401 Å². The van der Waals surface area contributed by atoms with Gasteiger partial charge in [-0.05, 0) is 70.6 Å². The maximum atomic E-state index is 12.9. The van der Waals surface area contributed by atoms with E-state index in [2.05, 4.69) is 50.3 Å². The van der Waals surface area contributed by atoms with E-state index in [1.54, 1.807) is 0 Å². The predicted molar refractivity (Wildman–Crippen MR) is 266 cm³/mol. The summed E-state index contributed by atoms with van der Waals surface area (Å²) in [4.78, 5) is 25.5. The van der Waals surface area contributed by atoms with Crippen LogP contribution in [-0.4, -0.2) is 96.0 Å². The summed E-state index contributed by atoms with van der Waals surface area (Å²) < 4.78 is 54.2. The normalized spacial score (nSPS) is 19.6. The zero-order valence-corrected chi connectivity index (χ0v) is 42.4. The summed E-state index contributed by atoms with van der Waals surface area (Å²) in [5, 5.41) is 31.0. The van der Waals surface area contributed by atoms with Gasteiger partial charge in [0.2, 0.25) is 0 Å². The zero-order chi connectivity index (χ0) is 48.4. The van der Waals surface area contributed by atoms with Gasteiger partial charge in [-0.2, -0.15) is 8.42 Å². The van der Waals surface area contributed by atoms with E-state index in [-0.39, 0.29) is 19.4 Å². The van der Waals surface area contributed by atoms with Crippen molar-refractivity contribution in [3.05, 3.63) is 36.5 Å². The van der Waals surface area contributed by atoms with Gasteiger partial charge >= 0.3 is 11.9 Å². The second-order valence-corrected chi connectivity index (χ2v) is 20.0. The molecule has 4 N–H and O–H groups in total. The Morgan fingerprint density at radius 2 is 0.894 bits per heavy atom. The van der Waals surface area contributed by atoms with Crippen LogP contribution in [0, 0.1) is 0 Å². The van der Waals surface area contributed by atoms with Gasteiger partial charge in [0, 0.05) is 12.8 Å². The van der Waals surface area contributed by atoms with Crippen LogP contribution >= 0.6 is 0 Å². The van der Waals surface area contributed by atoms with Crippen molar-refractivity contribution in [2.45, 2.75) is 269 Å². The van der Waals surface area contributed by atoms with Crippen molar-refractivity contribution in [1.82, 2.24) is 0 Å². The first kappa shape index (κ1) is 61.9. The molecule has 0 radical (unpaired) electrons. The van der Waals surface area contributed by atoms with Gasteiger partial charge in [0.25, 0.3) is 10.1 Å². The summed E-state index contributed by atoms with van der Waals surface area (Å²) in [7, 11) is -4.61. The Morgan fingerprint density at radius 1 is 0.500 bits per heavy atom. The van der Waals surface area contributed by atoms with E-state index in [9.17, 15) is 37.9 Å². The minimum absolute atomic E-state index is 0.102. The van der Waals surface area contributed by atoms with E-state index >= 15 is 0 Å². The molecule has 1 aliphatic rings. The molecular weight excluding hydrogens is 861 g/mol. The molecule has 13 heteroatoms. The molecule has 0 amide bonds. The number of carbonyl (C=O) groups excluding carboxylic acids is 2. The van der Waals surface area contributed by atoms with Crippen LogP contribution in [0.25, 0.3) is 0 Å². The number of hydrogen-bond donors (Lipinski definition) is 4. The molecule has 1 heterocycles. The number of unbranched alkanes of at least 4 members (excludes halogenated alkanes) is 27. The van der Waals surface area contributed by atoms with Gasteiger partial charge in [0.15, 0.2) is 12.4 Å².